The Morgan fingerprint density at radius 2 is 2.14 bits per heavy atom. The van der Waals surface area contributed by atoms with Crippen LogP contribution in [-0.2, 0) is 0 Å². The smallest absolute Gasteiger partial charge is 0.338 e. The standard InChI is InChI=1S/C9H6N2O3/c12-9(13)7-5-10-11(14)8-4-2-1-3-6(7)8/h1-5H,(H,12,13). The lowest BCUT2D eigenvalue weighted by molar-refractivity contribution is -0.642. The first-order chi connectivity index (χ1) is 6.70. The van der Waals surface area contributed by atoms with Gasteiger partial charge in [-0.15, -0.1) is 0 Å². The van der Waals surface area contributed by atoms with Gasteiger partial charge in [-0.25, -0.2) is 4.79 Å². The molecule has 0 amide bonds. The third-order valence-electron chi connectivity index (χ3n) is 1.92. The van der Waals surface area contributed by atoms with Crippen LogP contribution in [-0.4, -0.2) is 16.2 Å². The summed E-state index contributed by atoms with van der Waals surface area (Å²) >= 11 is 0. The minimum Gasteiger partial charge on any atom is -0.594 e. The summed E-state index contributed by atoms with van der Waals surface area (Å²) in [5, 5.41) is 23.8. The summed E-state index contributed by atoms with van der Waals surface area (Å²) in [7, 11) is 0. The van der Waals surface area contributed by atoms with Gasteiger partial charge in [-0.05, 0) is 6.07 Å². The lowest BCUT2D eigenvalue weighted by Gasteiger charge is -2.00. The second-order valence-electron chi connectivity index (χ2n) is 2.75. The van der Waals surface area contributed by atoms with Crippen LogP contribution in [0.2, 0.25) is 0 Å². The average molecular weight is 190 g/mol. The van der Waals surface area contributed by atoms with Crippen molar-refractivity contribution in [1.29, 1.82) is 0 Å². The summed E-state index contributed by atoms with van der Waals surface area (Å²) in [4.78, 5) is 11.2. The molecule has 5 heteroatoms. The number of nitrogens with zero attached hydrogens (tertiary/aromatic N) is 2. The van der Waals surface area contributed by atoms with Crippen molar-refractivity contribution in [3.05, 3.63) is 41.2 Å². The zero-order valence-corrected chi connectivity index (χ0v) is 7.04. The third kappa shape index (κ3) is 1.15. The maximum absolute atomic E-state index is 11.2. The summed E-state index contributed by atoms with van der Waals surface area (Å²) in [6.07, 6.45) is 1.05. The van der Waals surface area contributed by atoms with Gasteiger partial charge in [0.25, 0.3) is 5.52 Å². The third-order valence-corrected chi connectivity index (χ3v) is 1.92. The fourth-order valence-electron chi connectivity index (χ4n) is 1.28. The molecule has 0 atom stereocenters. The summed E-state index contributed by atoms with van der Waals surface area (Å²) in [6, 6.07) is 6.44. The Hall–Kier alpha value is -2.17. The number of hydrogen-bond donors (Lipinski definition) is 1. The molecule has 2 rings (SSSR count). The quantitative estimate of drug-likeness (QED) is 0.526. The van der Waals surface area contributed by atoms with Crippen LogP contribution >= 0.6 is 0 Å². The molecule has 0 aliphatic carbocycles. The van der Waals surface area contributed by atoms with Crippen molar-refractivity contribution in [1.82, 2.24) is 5.10 Å². The summed E-state index contributed by atoms with van der Waals surface area (Å²) in [5.74, 6) is -1.09. The van der Waals surface area contributed by atoms with E-state index in [-0.39, 0.29) is 11.1 Å². The molecule has 0 radical (unpaired) electrons. The first-order valence-electron chi connectivity index (χ1n) is 3.91. The number of hydrogen-bond acceptors (Lipinski definition) is 3. The summed E-state index contributed by atoms with van der Waals surface area (Å²) in [6.45, 7) is 0. The fraction of sp³-hybridized carbons (Fsp3) is 0. The number of carbonyl (C=O) groups is 1. The number of fused-ring (bicyclic) bond motifs is 1. The van der Waals surface area contributed by atoms with E-state index in [9.17, 15) is 10.0 Å². The highest BCUT2D eigenvalue weighted by atomic mass is 16.5. The molecule has 1 N–H and O–H groups in total. The highest BCUT2D eigenvalue weighted by molar-refractivity contribution is 6.00. The van der Waals surface area contributed by atoms with Crippen molar-refractivity contribution in [2.75, 3.05) is 0 Å². The molecule has 5 nitrogen and oxygen atoms in total. The maximum Gasteiger partial charge on any atom is 0.338 e. The van der Waals surface area contributed by atoms with Crippen molar-refractivity contribution in [3.8, 4) is 0 Å². The lowest BCUT2D eigenvalue weighted by Crippen LogP contribution is -2.32. The molecule has 14 heavy (non-hydrogen) atoms. The van der Waals surface area contributed by atoms with E-state index in [0.717, 1.165) is 6.20 Å². The van der Waals surface area contributed by atoms with Gasteiger partial charge in [-0.3, -0.25) is 0 Å². The molecule has 0 saturated carbocycles. The van der Waals surface area contributed by atoms with Gasteiger partial charge in [0.1, 0.15) is 6.20 Å². The van der Waals surface area contributed by atoms with Crippen LogP contribution in [0.15, 0.2) is 30.5 Å². The molecule has 0 fully saturated rings. The molecular weight excluding hydrogens is 184 g/mol. The molecule has 0 bridgehead atoms. The first kappa shape index (κ1) is 8.43. The number of carboxylic acids is 1. The van der Waals surface area contributed by atoms with Gasteiger partial charge in [0, 0.05) is 11.2 Å². The van der Waals surface area contributed by atoms with Crippen LogP contribution in [0, 0.1) is 5.21 Å². The molecule has 1 aromatic carbocycles. The number of benzene rings is 1. The largest absolute Gasteiger partial charge is 0.594 e. The van der Waals surface area contributed by atoms with Gasteiger partial charge in [-0.2, -0.15) is 0 Å². The normalized spacial score (nSPS) is 10.3. The van der Waals surface area contributed by atoms with Crippen molar-refractivity contribution in [2.45, 2.75) is 0 Å². The van der Waals surface area contributed by atoms with Crippen molar-refractivity contribution in [2.24, 2.45) is 0 Å². The van der Waals surface area contributed by atoms with E-state index in [4.69, 9.17) is 5.11 Å². The van der Waals surface area contributed by atoms with Crippen molar-refractivity contribution >= 4 is 16.9 Å². The molecule has 2 aromatic rings. The topological polar surface area (TPSA) is 77.1 Å². The zero-order chi connectivity index (χ0) is 10.1. The average Bonchev–Trinajstić information content (AvgIpc) is 2.18. The molecule has 70 valence electrons. The molecule has 1 heterocycles. The highest BCUT2D eigenvalue weighted by Gasteiger charge is 2.14. The van der Waals surface area contributed by atoms with E-state index in [1.54, 1.807) is 18.2 Å². The molecular formula is C9H6N2O3. The minimum atomic E-state index is -1.09. The number of aromatic carboxylic acids is 1. The van der Waals surface area contributed by atoms with Gasteiger partial charge >= 0.3 is 5.97 Å². The van der Waals surface area contributed by atoms with E-state index in [0.29, 0.717) is 10.2 Å². The Labute approximate surface area is 78.8 Å². The van der Waals surface area contributed by atoms with Crippen molar-refractivity contribution in [3.63, 3.8) is 0 Å². The minimum absolute atomic E-state index is 0.0349. The molecule has 0 aliphatic heterocycles. The predicted molar refractivity (Wildman–Crippen MR) is 47.7 cm³/mol. The predicted octanol–water partition coefficient (Wildman–Crippen LogP) is 0.566. The van der Waals surface area contributed by atoms with Crippen LogP contribution in [0.1, 0.15) is 10.4 Å². The zero-order valence-electron chi connectivity index (χ0n) is 7.04. The molecule has 0 aliphatic rings. The molecule has 0 unspecified atom stereocenters. The molecule has 0 spiro atoms. The van der Waals surface area contributed by atoms with Crippen LogP contribution in [0.5, 0.6) is 0 Å². The Morgan fingerprint density at radius 3 is 2.86 bits per heavy atom. The first-order valence-corrected chi connectivity index (χ1v) is 3.91. The Balaban J connectivity index is 2.88. The maximum atomic E-state index is 11.2. The lowest BCUT2D eigenvalue weighted by atomic mass is 10.1. The van der Waals surface area contributed by atoms with E-state index in [1.165, 1.54) is 6.07 Å². The van der Waals surface area contributed by atoms with E-state index in [2.05, 4.69) is 5.10 Å². The monoisotopic (exact) mass is 190 g/mol. The van der Waals surface area contributed by atoms with Crippen LogP contribution < -0.4 is 4.85 Å². The summed E-state index contributed by atoms with van der Waals surface area (Å²) in [5.41, 5.74) is 0.292. The van der Waals surface area contributed by atoms with Gasteiger partial charge in [0.15, 0.2) is 0 Å². The summed E-state index contributed by atoms with van der Waals surface area (Å²) < 4.78 is 0. The Morgan fingerprint density at radius 1 is 1.43 bits per heavy atom. The van der Waals surface area contributed by atoms with Crippen LogP contribution in [0.4, 0.5) is 0 Å². The Bertz CT molecular complexity index is 510. The second-order valence-corrected chi connectivity index (χ2v) is 2.75. The van der Waals surface area contributed by atoms with Gasteiger partial charge in [-0.1, -0.05) is 17.0 Å². The van der Waals surface area contributed by atoms with E-state index < -0.39 is 5.97 Å². The number of aromatic nitrogens is 2. The van der Waals surface area contributed by atoms with E-state index >= 15 is 0 Å². The second kappa shape index (κ2) is 2.95. The van der Waals surface area contributed by atoms with Crippen LogP contribution in [0.3, 0.4) is 0 Å². The number of carboxylic acid groups (broad SMARTS) is 1. The van der Waals surface area contributed by atoms with Crippen LogP contribution in [0.25, 0.3) is 10.9 Å². The number of rotatable bonds is 1. The number of para-hydroxylation sites is 1. The molecule has 0 saturated heterocycles. The van der Waals surface area contributed by atoms with E-state index in [1.807, 2.05) is 0 Å². The fourth-order valence-corrected chi connectivity index (χ4v) is 1.28. The highest BCUT2D eigenvalue weighted by Crippen LogP contribution is 2.13. The van der Waals surface area contributed by atoms with Crippen molar-refractivity contribution < 1.29 is 14.7 Å². The molecule has 1 aromatic heterocycles. The van der Waals surface area contributed by atoms with Gasteiger partial charge in [0.2, 0.25) is 0 Å². The van der Waals surface area contributed by atoms with Gasteiger partial charge < -0.3 is 10.3 Å². The SMILES string of the molecule is O=C(O)c1cn[n+]([O-])c2ccccc12. The van der Waals surface area contributed by atoms with Gasteiger partial charge in [0.05, 0.1) is 10.9 Å². The Kier molecular flexibility index (Phi) is 1.78.